The number of benzene rings is 1. The minimum absolute atomic E-state index is 0.440. The van der Waals surface area contributed by atoms with E-state index >= 15 is 0 Å². The first-order chi connectivity index (χ1) is 9.24. The van der Waals surface area contributed by atoms with Crippen LogP contribution in [0.2, 0.25) is 0 Å². The van der Waals surface area contributed by atoms with E-state index in [0.717, 1.165) is 17.2 Å². The molecule has 1 heterocycles. The lowest BCUT2D eigenvalue weighted by molar-refractivity contribution is -0.0431. The van der Waals surface area contributed by atoms with Gasteiger partial charge in [0.2, 0.25) is 5.79 Å². The van der Waals surface area contributed by atoms with Gasteiger partial charge in [0.15, 0.2) is 11.5 Å². The molecule has 2 aliphatic rings. The van der Waals surface area contributed by atoms with E-state index in [9.17, 15) is 0 Å². The average molecular weight is 275 g/mol. The van der Waals surface area contributed by atoms with Crippen LogP contribution < -0.4 is 14.8 Å². The quantitative estimate of drug-likeness (QED) is 0.866. The van der Waals surface area contributed by atoms with Crippen LogP contribution in [-0.2, 0) is 0 Å². The fourth-order valence-corrected chi connectivity index (χ4v) is 3.61. The van der Waals surface area contributed by atoms with Gasteiger partial charge in [0.05, 0.1) is 0 Å². The predicted octanol–water partition coefficient (Wildman–Crippen LogP) is 4.43. The van der Waals surface area contributed by atoms with Crippen LogP contribution in [-0.4, -0.2) is 11.8 Å². The lowest BCUT2D eigenvalue weighted by Gasteiger charge is -2.20. The van der Waals surface area contributed by atoms with E-state index in [4.69, 9.17) is 9.47 Å². The Morgan fingerprint density at radius 1 is 1.05 bits per heavy atom. The first kappa shape index (κ1) is 13.6. The van der Waals surface area contributed by atoms with Crippen LogP contribution in [0.5, 0.6) is 11.5 Å². The average Bonchev–Trinajstić information content (AvgIpc) is 2.72. The van der Waals surface area contributed by atoms with Gasteiger partial charge in [0, 0.05) is 31.6 Å². The van der Waals surface area contributed by atoms with Crippen molar-refractivity contribution in [2.45, 2.75) is 59.3 Å². The van der Waals surface area contributed by atoms with Crippen LogP contribution >= 0.6 is 0 Å². The second kappa shape index (κ2) is 4.31. The molecule has 1 saturated carbocycles. The Hall–Kier alpha value is -1.38. The molecule has 3 heteroatoms. The van der Waals surface area contributed by atoms with Crippen LogP contribution in [0.3, 0.4) is 0 Å². The van der Waals surface area contributed by atoms with Gasteiger partial charge in [-0.15, -0.1) is 0 Å². The van der Waals surface area contributed by atoms with Gasteiger partial charge in [-0.25, -0.2) is 0 Å². The maximum absolute atomic E-state index is 5.80. The highest BCUT2D eigenvalue weighted by atomic mass is 16.7. The van der Waals surface area contributed by atoms with Crippen molar-refractivity contribution >= 4 is 5.69 Å². The maximum atomic E-state index is 5.80. The van der Waals surface area contributed by atoms with Crippen molar-refractivity contribution in [3.63, 3.8) is 0 Å². The van der Waals surface area contributed by atoms with Crippen molar-refractivity contribution in [2.75, 3.05) is 5.32 Å². The largest absolute Gasteiger partial charge is 0.449 e. The maximum Gasteiger partial charge on any atom is 0.246 e. The fourth-order valence-electron chi connectivity index (χ4n) is 3.61. The Kier molecular flexibility index (Phi) is 2.93. The molecule has 0 amide bonds. The minimum atomic E-state index is -0.552. The summed E-state index contributed by atoms with van der Waals surface area (Å²) in [5, 5.41) is 3.67. The van der Waals surface area contributed by atoms with E-state index in [2.05, 4.69) is 38.2 Å². The summed E-state index contributed by atoms with van der Waals surface area (Å²) in [7, 11) is 0. The summed E-state index contributed by atoms with van der Waals surface area (Å²) in [5.74, 6) is 1.82. The zero-order valence-electron chi connectivity index (χ0n) is 13.1. The number of anilines is 1. The summed E-state index contributed by atoms with van der Waals surface area (Å²) in [6.07, 6.45) is 2.50. The smallest absolute Gasteiger partial charge is 0.246 e. The first-order valence-corrected chi connectivity index (χ1v) is 7.53. The summed E-state index contributed by atoms with van der Waals surface area (Å²) in [6, 6.07) is 6.68. The molecule has 0 aromatic heterocycles. The van der Waals surface area contributed by atoms with Gasteiger partial charge in [-0.05, 0) is 36.3 Å². The fraction of sp³-hybridized carbons (Fsp3) is 0.647. The molecular formula is C17H25NO2. The van der Waals surface area contributed by atoms with Crippen molar-refractivity contribution in [2.24, 2.45) is 11.3 Å². The van der Waals surface area contributed by atoms with Gasteiger partial charge >= 0.3 is 0 Å². The van der Waals surface area contributed by atoms with Gasteiger partial charge < -0.3 is 14.8 Å². The Morgan fingerprint density at radius 3 is 2.40 bits per heavy atom. The highest BCUT2D eigenvalue weighted by Gasteiger charge is 2.37. The Labute approximate surface area is 121 Å². The molecule has 0 bridgehead atoms. The molecule has 110 valence electrons. The first-order valence-electron chi connectivity index (χ1n) is 7.53. The second-order valence-corrected chi connectivity index (χ2v) is 7.57. The minimum Gasteiger partial charge on any atom is -0.449 e. The summed E-state index contributed by atoms with van der Waals surface area (Å²) in [5.41, 5.74) is 1.56. The van der Waals surface area contributed by atoms with E-state index in [1.807, 2.05) is 19.9 Å². The molecule has 0 spiro atoms. The van der Waals surface area contributed by atoms with Gasteiger partial charge in [-0.1, -0.05) is 20.8 Å². The number of nitrogens with one attached hydrogen (secondary N) is 1. The van der Waals surface area contributed by atoms with Gasteiger partial charge in [0.25, 0.3) is 0 Å². The number of hydrogen-bond acceptors (Lipinski definition) is 3. The molecule has 0 radical (unpaired) electrons. The van der Waals surface area contributed by atoms with E-state index in [1.165, 1.54) is 12.8 Å². The van der Waals surface area contributed by atoms with E-state index in [1.54, 1.807) is 0 Å². The molecule has 20 heavy (non-hydrogen) atoms. The molecule has 3 rings (SSSR count). The van der Waals surface area contributed by atoms with Crippen LogP contribution in [0.15, 0.2) is 18.2 Å². The number of fused-ring (bicyclic) bond motifs is 1. The summed E-state index contributed by atoms with van der Waals surface area (Å²) in [6.45, 7) is 10.9. The van der Waals surface area contributed by atoms with Gasteiger partial charge in [0.1, 0.15) is 0 Å². The van der Waals surface area contributed by atoms with E-state index in [0.29, 0.717) is 17.4 Å². The van der Waals surface area contributed by atoms with Crippen LogP contribution in [0.25, 0.3) is 0 Å². The Bertz CT molecular complexity index is 522. The molecule has 1 fully saturated rings. The second-order valence-electron chi connectivity index (χ2n) is 7.57. The van der Waals surface area contributed by atoms with Crippen LogP contribution in [0.4, 0.5) is 5.69 Å². The molecule has 1 aliphatic carbocycles. The summed E-state index contributed by atoms with van der Waals surface area (Å²) in [4.78, 5) is 0. The summed E-state index contributed by atoms with van der Waals surface area (Å²) < 4.78 is 11.5. The zero-order valence-corrected chi connectivity index (χ0v) is 13.1. The topological polar surface area (TPSA) is 30.5 Å². The lowest BCUT2D eigenvalue weighted by Crippen LogP contribution is -2.29. The predicted molar refractivity (Wildman–Crippen MR) is 81.4 cm³/mol. The normalized spacial score (nSPS) is 29.4. The molecule has 3 nitrogen and oxygen atoms in total. The molecule has 2 atom stereocenters. The monoisotopic (exact) mass is 275 g/mol. The van der Waals surface area contributed by atoms with Gasteiger partial charge in [-0.3, -0.25) is 0 Å². The van der Waals surface area contributed by atoms with E-state index < -0.39 is 5.79 Å². The number of hydrogen-bond donors (Lipinski definition) is 1. The van der Waals surface area contributed by atoms with Gasteiger partial charge in [-0.2, -0.15) is 0 Å². The summed E-state index contributed by atoms with van der Waals surface area (Å²) >= 11 is 0. The molecule has 1 aliphatic heterocycles. The highest BCUT2D eigenvalue weighted by Crippen LogP contribution is 2.44. The lowest BCUT2D eigenvalue weighted by atomic mass is 9.91. The SMILES string of the molecule is CC1CC(C)(C)CC1Nc1ccc2c(c1)OC(C)(C)O2. The van der Waals surface area contributed by atoms with E-state index in [-0.39, 0.29) is 0 Å². The highest BCUT2D eigenvalue weighted by molar-refractivity contribution is 5.56. The molecule has 2 unspecified atom stereocenters. The molecule has 0 saturated heterocycles. The van der Waals surface area contributed by atoms with Crippen molar-refractivity contribution in [1.82, 2.24) is 0 Å². The van der Waals surface area contributed by atoms with Crippen molar-refractivity contribution < 1.29 is 9.47 Å². The van der Waals surface area contributed by atoms with Crippen LogP contribution in [0.1, 0.15) is 47.5 Å². The zero-order chi connectivity index (χ0) is 14.5. The van der Waals surface area contributed by atoms with Crippen molar-refractivity contribution in [1.29, 1.82) is 0 Å². The number of rotatable bonds is 2. The third-order valence-corrected chi connectivity index (χ3v) is 4.34. The number of ether oxygens (including phenoxy) is 2. The third-order valence-electron chi connectivity index (χ3n) is 4.34. The van der Waals surface area contributed by atoms with Crippen molar-refractivity contribution in [3.8, 4) is 11.5 Å². The third kappa shape index (κ3) is 2.58. The molecule has 1 aromatic rings. The standard InChI is InChI=1S/C17H25NO2/c1-11-9-16(2,3)10-13(11)18-12-6-7-14-15(8-12)20-17(4,5)19-14/h6-8,11,13,18H,9-10H2,1-5H3. The molecule has 1 N–H and O–H groups in total. The molecular weight excluding hydrogens is 250 g/mol. The Balaban J connectivity index is 1.74. The van der Waals surface area contributed by atoms with Crippen molar-refractivity contribution in [3.05, 3.63) is 18.2 Å². The Morgan fingerprint density at radius 2 is 1.75 bits per heavy atom. The van der Waals surface area contributed by atoms with Crippen LogP contribution in [0, 0.1) is 11.3 Å². The molecule has 1 aromatic carbocycles.